The first-order valence-corrected chi connectivity index (χ1v) is 30.8. The summed E-state index contributed by atoms with van der Waals surface area (Å²) < 4.78 is 1.12. The molecular formula is C56H73Cl2PRu. The van der Waals surface area contributed by atoms with Crippen molar-refractivity contribution >= 4 is 37.0 Å². The molecule has 4 aromatic rings. The van der Waals surface area contributed by atoms with Crippen LogP contribution in [0.1, 0.15) is 182 Å². The second kappa shape index (κ2) is 22.2. The van der Waals surface area contributed by atoms with E-state index in [0.29, 0.717) is 11.8 Å². The van der Waals surface area contributed by atoms with E-state index in [1.54, 1.807) is 107 Å². The van der Waals surface area contributed by atoms with Gasteiger partial charge in [0.15, 0.2) is 0 Å². The van der Waals surface area contributed by atoms with Crippen molar-refractivity contribution in [2.75, 3.05) is 0 Å². The van der Waals surface area contributed by atoms with E-state index in [1.165, 1.54) is 85.5 Å². The predicted molar refractivity (Wildman–Crippen MR) is 265 cm³/mol. The van der Waals surface area contributed by atoms with Crippen LogP contribution in [0, 0.1) is 48.0 Å². The fourth-order valence-corrected chi connectivity index (χ4v) is 20.0. The van der Waals surface area contributed by atoms with Crippen molar-refractivity contribution in [1.29, 1.82) is 0 Å². The van der Waals surface area contributed by atoms with E-state index in [-0.39, 0.29) is 7.92 Å². The molecule has 4 aromatic carbocycles. The monoisotopic (exact) mass is 948 g/mol. The van der Waals surface area contributed by atoms with E-state index in [4.69, 9.17) is 19.4 Å². The van der Waals surface area contributed by atoms with Crippen molar-refractivity contribution in [2.45, 2.75) is 180 Å². The number of halogens is 2. The first-order chi connectivity index (χ1) is 29.1. The Morgan fingerprint density at radius 3 is 1.27 bits per heavy atom. The van der Waals surface area contributed by atoms with E-state index < -0.39 is 13.5 Å². The average molecular weight is 949 g/mol. The van der Waals surface area contributed by atoms with E-state index in [1.807, 2.05) is 24.3 Å². The van der Waals surface area contributed by atoms with Crippen LogP contribution in [0.15, 0.2) is 84.9 Å². The summed E-state index contributed by atoms with van der Waals surface area (Å²) in [7, 11) is 12.3. The fourth-order valence-electron chi connectivity index (χ4n) is 12.3. The molecule has 4 saturated carbocycles. The summed E-state index contributed by atoms with van der Waals surface area (Å²) in [5.74, 6) is 1.22. The topological polar surface area (TPSA) is 0 Å². The van der Waals surface area contributed by atoms with Crippen molar-refractivity contribution in [3.05, 3.63) is 153 Å². The maximum atomic E-state index is 6.19. The van der Waals surface area contributed by atoms with Gasteiger partial charge in [-0.2, -0.15) is 0 Å². The molecule has 2 atom stereocenters. The molecule has 324 valence electrons. The van der Waals surface area contributed by atoms with Crippen molar-refractivity contribution in [3.8, 4) is 0 Å². The number of benzene rings is 4. The summed E-state index contributed by atoms with van der Waals surface area (Å²) >= 11 is -1.88. The Kier molecular flexibility index (Phi) is 17.0. The molecule has 0 saturated heterocycles. The first kappa shape index (κ1) is 46.1. The van der Waals surface area contributed by atoms with Crippen LogP contribution in [-0.2, 0) is 13.5 Å². The van der Waals surface area contributed by atoms with Gasteiger partial charge in [0.25, 0.3) is 0 Å². The van der Waals surface area contributed by atoms with Crippen LogP contribution in [0.4, 0.5) is 0 Å². The molecule has 2 unspecified atom stereocenters. The predicted octanol–water partition coefficient (Wildman–Crippen LogP) is 17.2. The van der Waals surface area contributed by atoms with Gasteiger partial charge in [-0.05, 0) is 141 Å². The van der Waals surface area contributed by atoms with Gasteiger partial charge in [0, 0.05) is 7.92 Å². The molecule has 4 heteroatoms. The zero-order valence-corrected chi connectivity index (χ0v) is 41.9. The second-order valence-corrected chi connectivity index (χ2v) is 28.4. The van der Waals surface area contributed by atoms with Crippen LogP contribution in [-0.4, -0.2) is 21.1 Å². The van der Waals surface area contributed by atoms with Gasteiger partial charge in [-0.25, -0.2) is 0 Å². The Morgan fingerprint density at radius 1 is 0.483 bits per heavy atom. The van der Waals surface area contributed by atoms with Gasteiger partial charge in [0.05, 0.1) is 17.0 Å². The third-order valence-electron chi connectivity index (χ3n) is 14.7. The van der Waals surface area contributed by atoms with E-state index >= 15 is 0 Å². The van der Waals surface area contributed by atoms with Crippen molar-refractivity contribution < 1.29 is 13.5 Å². The molecule has 9 rings (SSSR count). The molecule has 0 spiro atoms. The average Bonchev–Trinajstić information content (AvgIpc) is 3.88. The molecular weight excluding hydrogens is 876 g/mol. The minimum atomic E-state index is -1.88. The molecule has 0 radical (unpaired) electrons. The van der Waals surface area contributed by atoms with E-state index in [9.17, 15) is 0 Å². The van der Waals surface area contributed by atoms with Gasteiger partial charge in [0.1, 0.15) is 0 Å². The Labute approximate surface area is 380 Å². The SMILES string of the molecule is C1CCC([PH+](C2CCCCC2)C2CCCCC2)CC1.Cc1cc(C)c(C2[CH-]C(c3c(C)cc(C)cc3C)CC2)c(C)c1.[Cl][Ru]([Cl])=[C]1C=C(c2ccccc2)c2ccccc21. The molecule has 0 bridgehead atoms. The molecule has 0 amide bonds. The maximum absolute atomic E-state index is 6.19. The summed E-state index contributed by atoms with van der Waals surface area (Å²) in [4.78, 5) is 0. The van der Waals surface area contributed by atoms with Crippen LogP contribution >= 0.6 is 27.3 Å². The van der Waals surface area contributed by atoms with Crippen molar-refractivity contribution in [2.24, 2.45) is 0 Å². The second-order valence-electron chi connectivity index (χ2n) is 19.1. The number of hydrogen-bond acceptors (Lipinski definition) is 0. The van der Waals surface area contributed by atoms with Crippen LogP contribution in [0.3, 0.4) is 0 Å². The summed E-state index contributed by atoms with van der Waals surface area (Å²) in [6.07, 6.45) is 31.1. The number of fused-ring (bicyclic) bond motifs is 1. The molecule has 0 nitrogen and oxygen atoms in total. The molecule has 60 heavy (non-hydrogen) atoms. The molecule has 5 aliphatic carbocycles. The Hall–Kier alpha value is -1.88. The van der Waals surface area contributed by atoms with Crippen LogP contribution in [0.2, 0.25) is 0 Å². The number of allylic oxidation sites excluding steroid dienone is 1. The fraction of sp³-hybridized carbons (Fsp3) is 0.500. The zero-order valence-electron chi connectivity index (χ0n) is 37.7. The summed E-state index contributed by atoms with van der Waals surface area (Å²) in [5.41, 5.74) is 20.3. The van der Waals surface area contributed by atoms with E-state index in [2.05, 4.69) is 109 Å². The molecule has 4 fully saturated rings. The quantitative estimate of drug-likeness (QED) is 0.103. The van der Waals surface area contributed by atoms with Gasteiger partial charge in [0.2, 0.25) is 0 Å². The van der Waals surface area contributed by atoms with Gasteiger partial charge >= 0.3 is 120 Å². The molecule has 0 aliphatic heterocycles. The molecule has 0 N–H and O–H groups in total. The molecule has 0 aromatic heterocycles. The van der Waals surface area contributed by atoms with Gasteiger partial charge in [-0.1, -0.05) is 78.6 Å². The van der Waals surface area contributed by atoms with Crippen molar-refractivity contribution in [3.63, 3.8) is 0 Å². The third kappa shape index (κ3) is 11.4. The summed E-state index contributed by atoms with van der Waals surface area (Å²) in [5, 5.41) is 0. The number of aryl methyl sites for hydroxylation is 6. The van der Waals surface area contributed by atoms with Gasteiger partial charge < -0.3 is 6.42 Å². The first-order valence-electron chi connectivity index (χ1n) is 23.7. The van der Waals surface area contributed by atoms with Crippen molar-refractivity contribution in [1.82, 2.24) is 0 Å². The minimum absolute atomic E-state index is 0.0465. The zero-order chi connectivity index (χ0) is 42.2. The Balaban J connectivity index is 0.000000137. The van der Waals surface area contributed by atoms with Crippen LogP contribution in [0.25, 0.3) is 5.57 Å². The summed E-state index contributed by atoms with van der Waals surface area (Å²) in [6, 6.07) is 28.0. The molecule has 0 heterocycles. The third-order valence-corrected chi connectivity index (χ3v) is 22.4. The van der Waals surface area contributed by atoms with Crippen LogP contribution < -0.4 is 0 Å². The number of hydrogen-bond donors (Lipinski definition) is 0. The Morgan fingerprint density at radius 2 is 0.867 bits per heavy atom. The van der Waals surface area contributed by atoms with E-state index in [0.717, 1.165) is 4.11 Å². The molecule has 5 aliphatic rings. The van der Waals surface area contributed by atoms with Gasteiger partial charge in [-0.3, -0.25) is 0 Å². The summed E-state index contributed by atoms with van der Waals surface area (Å²) in [6.45, 7) is 13.5. The van der Waals surface area contributed by atoms with Gasteiger partial charge in [-0.15, -0.1) is 11.8 Å². The Bertz CT molecular complexity index is 1940. The number of rotatable bonds is 6. The normalized spacial score (nSPS) is 21.4. The standard InChI is InChI=1S/C23H29.C18H33P.C15H10.2ClH.Ru/c1-14-9-16(3)22(17(4)10-14)20-7-8-21(13-20)23-18(5)11-15(2)12-19(23)6;1-4-10-16(11-5-1)19(17-12-6-2-7-13-17)18-14-8-3-9-15-18;1-2-6-12(7-3-1)15-11-10-13-8-4-5-9-14(13)15;;;/h9-13,20-21H,7-8H2,1-6H3;16-18H,1-15H2;1-9,11H;2*1H;/q-1;;;;;+2/p-1. The van der Waals surface area contributed by atoms with Crippen LogP contribution in [0.5, 0.6) is 0 Å².